The summed E-state index contributed by atoms with van der Waals surface area (Å²) in [5.41, 5.74) is 5.43. The first-order chi connectivity index (χ1) is 11.8. The van der Waals surface area contributed by atoms with Gasteiger partial charge < -0.3 is 35.0 Å². The molecule has 0 aliphatic carbocycles. The van der Waals surface area contributed by atoms with E-state index >= 15 is 0 Å². The van der Waals surface area contributed by atoms with Gasteiger partial charge in [0.25, 0.3) is 0 Å². The van der Waals surface area contributed by atoms with Crippen LogP contribution in [0.4, 0.5) is 0 Å². The maximum Gasteiger partial charge on any atom is 0.508 e. The number of terminal acetylenes is 1. The van der Waals surface area contributed by atoms with E-state index in [1.807, 2.05) is 0 Å². The molecule has 0 amide bonds. The van der Waals surface area contributed by atoms with Crippen LogP contribution in [0.1, 0.15) is 0 Å². The van der Waals surface area contributed by atoms with E-state index in [-0.39, 0.29) is 6.61 Å². The predicted octanol–water partition coefficient (Wildman–Crippen LogP) is -1.11. The molecular formula is C8H16NO14P3. The van der Waals surface area contributed by atoms with Crippen molar-refractivity contribution in [3.05, 3.63) is 0 Å². The molecule has 7 atom stereocenters. The van der Waals surface area contributed by atoms with Crippen LogP contribution in [0.3, 0.4) is 0 Å². The lowest BCUT2D eigenvalue weighted by Gasteiger charge is -2.21. The molecule has 0 radical (unpaired) electrons. The second-order valence-electron chi connectivity index (χ2n) is 4.56. The summed E-state index contributed by atoms with van der Waals surface area (Å²) in [5.74, 6) is 2.11. The van der Waals surface area contributed by atoms with Gasteiger partial charge in [-0.2, -0.15) is 8.62 Å². The minimum absolute atomic E-state index is 0.256. The van der Waals surface area contributed by atoms with Crippen molar-refractivity contribution in [1.82, 2.24) is 0 Å². The summed E-state index contributed by atoms with van der Waals surface area (Å²) >= 11 is 0. The number of rotatable bonds is 10. The number of ether oxygens (including phenoxy) is 2. The van der Waals surface area contributed by atoms with Crippen LogP contribution in [0, 0.1) is 12.3 Å². The second-order valence-corrected chi connectivity index (χ2v) is 9.10. The van der Waals surface area contributed by atoms with Crippen molar-refractivity contribution in [1.29, 1.82) is 0 Å². The summed E-state index contributed by atoms with van der Waals surface area (Å²) < 4.78 is 58.3. The van der Waals surface area contributed by atoms with Gasteiger partial charge in [-0.3, -0.25) is 4.52 Å². The van der Waals surface area contributed by atoms with Crippen LogP contribution in [0.25, 0.3) is 0 Å². The Morgan fingerprint density at radius 3 is 2.23 bits per heavy atom. The molecule has 152 valence electrons. The van der Waals surface area contributed by atoms with Crippen LogP contribution in [-0.4, -0.2) is 62.8 Å². The van der Waals surface area contributed by atoms with Crippen LogP contribution in [-0.2, 0) is 41.0 Å². The fraction of sp³-hybridized carbons (Fsp3) is 0.750. The molecule has 1 rings (SSSR count). The Balaban J connectivity index is 2.69. The van der Waals surface area contributed by atoms with Gasteiger partial charge in [0.05, 0.1) is 6.61 Å². The van der Waals surface area contributed by atoms with Gasteiger partial charge in [0.1, 0.15) is 31.1 Å². The molecule has 18 heteroatoms. The molecule has 0 saturated carbocycles. The van der Waals surface area contributed by atoms with Crippen molar-refractivity contribution >= 4 is 23.5 Å². The standard InChI is InChI=1S/C8H16NO14P3/c1-2-3-18-7-5(20-8(9)6(7)10)4-19-24(12,13)22-26(16,17)23-25(14,15)21-11/h1,5-8,10-11H,3-4,9H2,(H,12,13)(H,14,15)(H,16,17)/t5-,6?,7+,8-/m1/s1. The van der Waals surface area contributed by atoms with E-state index < -0.39 is 54.6 Å². The summed E-state index contributed by atoms with van der Waals surface area (Å²) in [5, 5.41) is 17.7. The lowest BCUT2D eigenvalue weighted by atomic mass is 10.1. The zero-order valence-electron chi connectivity index (χ0n) is 12.6. The molecular weight excluding hydrogens is 427 g/mol. The van der Waals surface area contributed by atoms with E-state index in [9.17, 15) is 23.7 Å². The van der Waals surface area contributed by atoms with Crippen LogP contribution >= 0.6 is 23.5 Å². The number of aliphatic hydroxyl groups excluding tert-OH is 1. The van der Waals surface area contributed by atoms with Gasteiger partial charge in [-0.05, 0) is 0 Å². The number of hydrogen-bond acceptors (Lipinski definition) is 12. The predicted molar refractivity (Wildman–Crippen MR) is 78.7 cm³/mol. The van der Waals surface area contributed by atoms with Crippen LogP contribution < -0.4 is 5.73 Å². The molecule has 1 aliphatic heterocycles. The highest BCUT2D eigenvalue weighted by Gasteiger charge is 2.46. The van der Waals surface area contributed by atoms with E-state index in [0.717, 1.165) is 0 Å². The van der Waals surface area contributed by atoms with Gasteiger partial charge in [0.15, 0.2) is 0 Å². The smallest absolute Gasteiger partial charge is 0.386 e. The molecule has 26 heavy (non-hydrogen) atoms. The molecule has 1 saturated heterocycles. The highest BCUT2D eigenvalue weighted by molar-refractivity contribution is 7.66. The quantitative estimate of drug-likeness (QED) is 0.102. The first kappa shape index (κ1) is 23.8. The fourth-order valence-electron chi connectivity index (χ4n) is 1.73. The number of aliphatic hydroxyl groups is 1. The number of phosphoric acid groups is 3. The SMILES string of the molecule is C#CCO[C@@H]1C(O)[C@H](N)O[C@@H]1COP(=O)(O)OP(=O)(O)OP(=O)(O)OO. The Hall–Kier alpha value is -0.230. The number of phosphoric ester groups is 1. The second kappa shape index (κ2) is 9.31. The van der Waals surface area contributed by atoms with Crippen molar-refractivity contribution in [2.24, 2.45) is 5.73 Å². The monoisotopic (exact) mass is 443 g/mol. The van der Waals surface area contributed by atoms with Crippen LogP contribution in [0.2, 0.25) is 0 Å². The molecule has 0 bridgehead atoms. The van der Waals surface area contributed by atoms with E-state index in [0.29, 0.717) is 0 Å². The number of nitrogens with two attached hydrogens (primary N) is 1. The number of hydrogen-bond donors (Lipinski definition) is 6. The highest BCUT2D eigenvalue weighted by atomic mass is 31.3. The van der Waals surface area contributed by atoms with Crippen LogP contribution in [0.15, 0.2) is 0 Å². The molecule has 0 aromatic carbocycles. The Kier molecular flexibility index (Phi) is 8.53. The largest absolute Gasteiger partial charge is 0.508 e. The molecule has 4 unspecified atom stereocenters. The Labute approximate surface area is 146 Å². The van der Waals surface area contributed by atoms with E-state index in [1.165, 1.54) is 0 Å². The van der Waals surface area contributed by atoms with Gasteiger partial charge in [-0.1, -0.05) is 5.92 Å². The van der Waals surface area contributed by atoms with Crippen molar-refractivity contribution < 1.29 is 66.0 Å². The average molecular weight is 443 g/mol. The zero-order chi connectivity index (χ0) is 20.2. The zero-order valence-corrected chi connectivity index (χ0v) is 15.3. The van der Waals surface area contributed by atoms with E-state index in [1.54, 1.807) is 0 Å². The molecule has 0 aromatic rings. The van der Waals surface area contributed by atoms with Gasteiger partial charge in [-0.15, -0.1) is 11.1 Å². The molecule has 0 aromatic heterocycles. The normalized spacial score (nSPS) is 33.0. The maximum atomic E-state index is 11.6. The molecule has 1 heterocycles. The van der Waals surface area contributed by atoms with E-state index in [2.05, 4.69) is 23.7 Å². The third-order valence-electron chi connectivity index (χ3n) is 2.65. The van der Waals surface area contributed by atoms with Crippen molar-refractivity contribution in [2.45, 2.75) is 24.5 Å². The molecule has 15 nitrogen and oxygen atoms in total. The highest BCUT2D eigenvalue weighted by Crippen LogP contribution is 2.67. The summed E-state index contributed by atoms with van der Waals surface area (Å²) in [6.07, 6.45) is 0.0302. The minimum atomic E-state index is -5.68. The summed E-state index contributed by atoms with van der Waals surface area (Å²) in [6.45, 7) is -1.09. The van der Waals surface area contributed by atoms with E-state index in [4.69, 9.17) is 36.7 Å². The molecule has 0 spiro atoms. The summed E-state index contributed by atoms with van der Waals surface area (Å²) in [7, 11) is -16.5. The lowest BCUT2D eigenvalue weighted by molar-refractivity contribution is -0.157. The minimum Gasteiger partial charge on any atom is -0.386 e. The van der Waals surface area contributed by atoms with Crippen molar-refractivity contribution in [2.75, 3.05) is 13.2 Å². The topological polar surface area (TPSA) is 234 Å². The van der Waals surface area contributed by atoms with Gasteiger partial charge >= 0.3 is 23.5 Å². The lowest BCUT2D eigenvalue weighted by Crippen LogP contribution is -2.39. The van der Waals surface area contributed by atoms with Crippen molar-refractivity contribution in [3.63, 3.8) is 0 Å². The molecule has 7 N–H and O–H groups in total. The summed E-state index contributed by atoms with van der Waals surface area (Å²) in [6, 6.07) is 0. The van der Waals surface area contributed by atoms with Gasteiger partial charge in [-0.25, -0.2) is 19.0 Å². The first-order valence-corrected chi connectivity index (χ1v) is 10.8. The molecule has 1 fully saturated rings. The van der Waals surface area contributed by atoms with Crippen LogP contribution in [0.5, 0.6) is 0 Å². The average Bonchev–Trinajstić information content (AvgIpc) is 2.76. The Morgan fingerprint density at radius 1 is 1.12 bits per heavy atom. The van der Waals surface area contributed by atoms with Gasteiger partial charge in [0, 0.05) is 0 Å². The van der Waals surface area contributed by atoms with Gasteiger partial charge in [0.2, 0.25) is 0 Å². The fourth-order valence-corrected chi connectivity index (χ4v) is 4.85. The summed E-state index contributed by atoms with van der Waals surface area (Å²) in [4.78, 5) is 27.2. The third kappa shape index (κ3) is 7.41. The Morgan fingerprint density at radius 2 is 1.69 bits per heavy atom. The molecule has 1 aliphatic rings. The first-order valence-electron chi connectivity index (χ1n) is 6.35. The van der Waals surface area contributed by atoms with Crippen molar-refractivity contribution in [3.8, 4) is 12.3 Å². The maximum absolute atomic E-state index is 11.6. The Bertz CT molecular complexity index is 663. The third-order valence-corrected chi connectivity index (χ3v) is 6.63.